The molecule has 1 unspecified atom stereocenters. The van der Waals surface area contributed by atoms with Gasteiger partial charge in [0.1, 0.15) is 18.0 Å². The summed E-state index contributed by atoms with van der Waals surface area (Å²) in [6.07, 6.45) is 3.80. The number of amides is 1. The molecule has 0 aromatic heterocycles. The van der Waals surface area contributed by atoms with Crippen LogP contribution >= 0.6 is 0 Å². The predicted octanol–water partition coefficient (Wildman–Crippen LogP) is 3.44. The monoisotopic (exact) mass is 446 g/mol. The first kappa shape index (κ1) is 22.9. The van der Waals surface area contributed by atoms with Gasteiger partial charge in [-0.15, -0.1) is 0 Å². The molecule has 1 amide bonds. The van der Waals surface area contributed by atoms with Crippen LogP contribution in [-0.2, 0) is 21.2 Å². The SMILES string of the molecule is COc1ccc2c(c1)CCCC2NC(=O)CN(c1ccc(OC(C)C)cc1)S(C)(=O)=O. The molecule has 0 bridgehead atoms. The molecule has 0 fully saturated rings. The van der Waals surface area contributed by atoms with Crippen molar-refractivity contribution in [3.63, 3.8) is 0 Å². The molecule has 0 heterocycles. The van der Waals surface area contributed by atoms with Crippen molar-refractivity contribution < 1.29 is 22.7 Å². The predicted molar refractivity (Wildman–Crippen MR) is 121 cm³/mol. The number of nitrogens with zero attached hydrogens (tertiary/aromatic N) is 1. The number of fused-ring (bicyclic) bond motifs is 1. The van der Waals surface area contributed by atoms with Crippen LogP contribution in [0.25, 0.3) is 0 Å². The van der Waals surface area contributed by atoms with Gasteiger partial charge in [0.05, 0.1) is 31.2 Å². The van der Waals surface area contributed by atoms with Gasteiger partial charge in [0, 0.05) is 0 Å². The third-order valence-electron chi connectivity index (χ3n) is 5.18. The summed E-state index contributed by atoms with van der Waals surface area (Å²) in [6, 6.07) is 12.4. The van der Waals surface area contributed by atoms with Crippen molar-refractivity contribution in [2.75, 3.05) is 24.2 Å². The van der Waals surface area contributed by atoms with Gasteiger partial charge in [-0.25, -0.2) is 8.42 Å². The number of carbonyl (C=O) groups excluding carboxylic acids is 1. The Hall–Kier alpha value is -2.74. The minimum absolute atomic E-state index is 0.0148. The van der Waals surface area contributed by atoms with Crippen molar-refractivity contribution in [1.29, 1.82) is 0 Å². The fourth-order valence-electron chi connectivity index (χ4n) is 3.80. The lowest BCUT2D eigenvalue weighted by molar-refractivity contribution is -0.120. The number of hydrogen-bond acceptors (Lipinski definition) is 5. The van der Waals surface area contributed by atoms with Crippen LogP contribution in [0.4, 0.5) is 5.69 Å². The topological polar surface area (TPSA) is 84.9 Å². The summed E-state index contributed by atoms with van der Waals surface area (Å²) in [4.78, 5) is 12.8. The first-order valence-electron chi connectivity index (χ1n) is 10.4. The number of sulfonamides is 1. The smallest absolute Gasteiger partial charge is 0.241 e. The molecule has 0 spiro atoms. The summed E-state index contributed by atoms with van der Waals surface area (Å²) in [5.74, 6) is 1.09. The largest absolute Gasteiger partial charge is 0.497 e. The molecule has 0 saturated carbocycles. The molecule has 1 aliphatic carbocycles. The number of carbonyl (C=O) groups is 1. The number of hydrogen-bond donors (Lipinski definition) is 1. The van der Waals surface area contributed by atoms with Gasteiger partial charge in [0.25, 0.3) is 0 Å². The van der Waals surface area contributed by atoms with E-state index in [4.69, 9.17) is 9.47 Å². The fraction of sp³-hybridized carbons (Fsp3) is 0.435. The lowest BCUT2D eigenvalue weighted by atomic mass is 9.87. The van der Waals surface area contributed by atoms with E-state index >= 15 is 0 Å². The van der Waals surface area contributed by atoms with Gasteiger partial charge in [-0.3, -0.25) is 9.10 Å². The summed E-state index contributed by atoms with van der Waals surface area (Å²) in [6.45, 7) is 3.55. The highest BCUT2D eigenvalue weighted by Crippen LogP contribution is 2.32. The van der Waals surface area contributed by atoms with Crippen molar-refractivity contribution >= 4 is 21.6 Å². The first-order valence-corrected chi connectivity index (χ1v) is 12.2. The van der Waals surface area contributed by atoms with Gasteiger partial charge in [-0.2, -0.15) is 0 Å². The number of anilines is 1. The second-order valence-electron chi connectivity index (χ2n) is 8.01. The Morgan fingerprint density at radius 1 is 1.16 bits per heavy atom. The molecule has 1 atom stereocenters. The highest BCUT2D eigenvalue weighted by molar-refractivity contribution is 7.92. The Kier molecular flexibility index (Phi) is 7.10. The zero-order valence-electron chi connectivity index (χ0n) is 18.4. The molecule has 2 aromatic carbocycles. The molecule has 0 saturated heterocycles. The maximum atomic E-state index is 12.8. The van der Waals surface area contributed by atoms with Crippen molar-refractivity contribution in [3.05, 3.63) is 53.6 Å². The number of nitrogens with one attached hydrogen (secondary N) is 1. The van der Waals surface area contributed by atoms with E-state index in [2.05, 4.69) is 5.32 Å². The van der Waals surface area contributed by atoms with E-state index in [-0.39, 0.29) is 24.6 Å². The van der Waals surface area contributed by atoms with Crippen LogP contribution in [0.5, 0.6) is 11.5 Å². The minimum atomic E-state index is -3.64. The van der Waals surface area contributed by atoms with Crippen LogP contribution in [0, 0.1) is 0 Å². The van der Waals surface area contributed by atoms with E-state index in [1.54, 1.807) is 31.4 Å². The molecule has 31 heavy (non-hydrogen) atoms. The summed E-state index contributed by atoms with van der Waals surface area (Å²) >= 11 is 0. The van der Waals surface area contributed by atoms with Crippen LogP contribution in [0.1, 0.15) is 43.9 Å². The zero-order valence-corrected chi connectivity index (χ0v) is 19.2. The van der Waals surface area contributed by atoms with Gasteiger partial charge in [0.2, 0.25) is 15.9 Å². The van der Waals surface area contributed by atoms with E-state index in [1.165, 1.54) is 0 Å². The molecule has 7 nitrogen and oxygen atoms in total. The van der Waals surface area contributed by atoms with Crippen LogP contribution in [-0.4, -0.2) is 40.3 Å². The summed E-state index contributed by atoms with van der Waals surface area (Å²) in [5.41, 5.74) is 2.63. The molecule has 2 aromatic rings. The van der Waals surface area contributed by atoms with E-state index in [1.807, 2.05) is 32.0 Å². The van der Waals surface area contributed by atoms with Crippen molar-refractivity contribution in [3.8, 4) is 11.5 Å². The Morgan fingerprint density at radius 2 is 1.84 bits per heavy atom. The molecule has 1 aliphatic rings. The van der Waals surface area contributed by atoms with E-state index in [0.717, 1.165) is 46.7 Å². The van der Waals surface area contributed by atoms with Crippen molar-refractivity contribution in [1.82, 2.24) is 5.32 Å². The quantitative estimate of drug-likeness (QED) is 0.671. The van der Waals surface area contributed by atoms with E-state index < -0.39 is 10.0 Å². The highest BCUT2D eigenvalue weighted by Gasteiger charge is 2.25. The summed E-state index contributed by atoms with van der Waals surface area (Å²) in [7, 11) is -2.01. The molecule has 1 N–H and O–H groups in total. The Bertz CT molecular complexity index is 1020. The molecule has 3 rings (SSSR count). The van der Waals surface area contributed by atoms with Gasteiger partial charge in [-0.05, 0) is 80.6 Å². The standard InChI is InChI=1S/C23H30N2O5S/c1-16(2)30-19-10-8-18(9-11-19)25(31(4,27)28)15-23(26)24-22-7-5-6-17-14-20(29-3)12-13-21(17)22/h8-14,16,22H,5-7,15H2,1-4H3,(H,24,26). The zero-order chi connectivity index (χ0) is 22.6. The van der Waals surface area contributed by atoms with Gasteiger partial charge in [0.15, 0.2) is 0 Å². The second kappa shape index (κ2) is 9.60. The fourth-order valence-corrected chi connectivity index (χ4v) is 4.66. The average Bonchev–Trinajstić information content (AvgIpc) is 2.71. The maximum Gasteiger partial charge on any atom is 0.241 e. The molecule has 8 heteroatoms. The van der Waals surface area contributed by atoms with Crippen molar-refractivity contribution in [2.45, 2.75) is 45.3 Å². The lowest BCUT2D eigenvalue weighted by Gasteiger charge is -2.28. The molecular weight excluding hydrogens is 416 g/mol. The Balaban J connectivity index is 1.74. The van der Waals surface area contributed by atoms with Gasteiger partial charge in [-0.1, -0.05) is 6.07 Å². The average molecular weight is 447 g/mol. The van der Waals surface area contributed by atoms with Gasteiger partial charge >= 0.3 is 0 Å². The van der Waals surface area contributed by atoms with Crippen molar-refractivity contribution in [2.24, 2.45) is 0 Å². The summed E-state index contributed by atoms with van der Waals surface area (Å²) < 4.78 is 36.8. The molecule has 168 valence electrons. The van der Waals surface area contributed by atoms with Crippen LogP contribution in [0.2, 0.25) is 0 Å². The van der Waals surface area contributed by atoms with Gasteiger partial charge < -0.3 is 14.8 Å². The third-order valence-corrected chi connectivity index (χ3v) is 6.32. The number of rotatable bonds is 8. The number of benzene rings is 2. The molecular formula is C23H30N2O5S. The Labute approximate surface area is 184 Å². The maximum absolute atomic E-state index is 12.8. The van der Waals surface area contributed by atoms with E-state index in [0.29, 0.717) is 11.4 Å². The van der Waals surface area contributed by atoms with Crippen LogP contribution in [0.3, 0.4) is 0 Å². The number of aryl methyl sites for hydroxylation is 1. The van der Waals surface area contributed by atoms with E-state index in [9.17, 15) is 13.2 Å². The van der Waals surface area contributed by atoms with Crippen LogP contribution < -0.4 is 19.1 Å². The minimum Gasteiger partial charge on any atom is -0.497 e. The normalized spacial score (nSPS) is 15.8. The lowest BCUT2D eigenvalue weighted by Crippen LogP contribution is -2.42. The molecule has 0 radical (unpaired) electrons. The first-order chi connectivity index (χ1) is 14.7. The number of ether oxygens (including phenoxy) is 2. The highest BCUT2D eigenvalue weighted by atomic mass is 32.2. The molecule has 0 aliphatic heterocycles. The van der Waals surface area contributed by atoms with Crippen LogP contribution in [0.15, 0.2) is 42.5 Å². The third kappa shape index (κ3) is 5.91. The summed E-state index contributed by atoms with van der Waals surface area (Å²) in [5, 5.41) is 3.01. The number of methoxy groups -OCH3 is 1. The second-order valence-corrected chi connectivity index (χ2v) is 9.91. The Morgan fingerprint density at radius 3 is 2.45 bits per heavy atom.